The SMILES string of the molecule is CCCc1nnsc1C(=O)N1CCC(N2C(=O)COC2=O)C1. The molecule has 2 aliphatic heterocycles. The first-order valence-corrected chi connectivity index (χ1v) is 7.98. The van der Waals surface area contributed by atoms with E-state index in [1.165, 1.54) is 0 Å². The lowest BCUT2D eigenvalue weighted by Crippen LogP contribution is -2.42. The minimum Gasteiger partial charge on any atom is -0.439 e. The van der Waals surface area contributed by atoms with E-state index in [1.807, 2.05) is 6.92 Å². The van der Waals surface area contributed by atoms with Crippen molar-refractivity contribution in [2.24, 2.45) is 0 Å². The van der Waals surface area contributed by atoms with Crippen molar-refractivity contribution < 1.29 is 19.1 Å². The molecule has 2 saturated heterocycles. The number of nitrogens with zero attached hydrogens (tertiary/aromatic N) is 4. The third kappa shape index (κ3) is 2.56. The minimum absolute atomic E-state index is 0.124. The van der Waals surface area contributed by atoms with Crippen LogP contribution in [0.3, 0.4) is 0 Å². The lowest BCUT2D eigenvalue weighted by molar-refractivity contribution is -0.127. The molecular weight excluding hydrogens is 308 g/mol. The Morgan fingerprint density at radius 1 is 1.45 bits per heavy atom. The van der Waals surface area contributed by atoms with Gasteiger partial charge in [-0.05, 0) is 24.4 Å². The Hall–Kier alpha value is -2.03. The molecule has 0 aromatic carbocycles. The van der Waals surface area contributed by atoms with Crippen molar-refractivity contribution in [1.82, 2.24) is 19.4 Å². The molecule has 8 nitrogen and oxygen atoms in total. The zero-order valence-corrected chi connectivity index (χ0v) is 13.0. The van der Waals surface area contributed by atoms with Crippen molar-refractivity contribution in [1.29, 1.82) is 0 Å². The van der Waals surface area contributed by atoms with Crippen molar-refractivity contribution in [3.63, 3.8) is 0 Å². The molecule has 9 heteroatoms. The maximum Gasteiger partial charge on any atom is 0.417 e. The number of amides is 3. The average Bonchev–Trinajstić information content (AvgIpc) is 3.20. The molecule has 1 aromatic rings. The van der Waals surface area contributed by atoms with Crippen LogP contribution in [0.15, 0.2) is 0 Å². The number of cyclic esters (lactones) is 1. The number of aromatic nitrogens is 2. The molecule has 118 valence electrons. The van der Waals surface area contributed by atoms with Gasteiger partial charge in [-0.1, -0.05) is 17.8 Å². The fourth-order valence-electron chi connectivity index (χ4n) is 2.77. The first-order valence-electron chi connectivity index (χ1n) is 7.21. The smallest absolute Gasteiger partial charge is 0.417 e. The highest BCUT2D eigenvalue weighted by molar-refractivity contribution is 7.08. The third-order valence-electron chi connectivity index (χ3n) is 3.84. The van der Waals surface area contributed by atoms with Crippen LogP contribution in [0.1, 0.15) is 35.1 Å². The standard InChI is InChI=1S/C13H16N4O4S/c1-2-3-9-11(22-15-14-9)12(19)16-5-4-8(6-16)17-10(18)7-21-13(17)20/h8H,2-7H2,1H3. The van der Waals surface area contributed by atoms with Gasteiger partial charge in [0.15, 0.2) is 6.61 Å². The molecule has 0 N–H and O–H groups in total. The van der Waals surface area contributed by atoms with Gasteiger partial charge in [-0.3, -0.25) is 9.59 Å². The summed E-state index contributed by atoms with van der Waals surface area (Å²) >= 11 is 1.09. The highest BCUT2D eigenvalue weighted by atomic mass is 32.1. The molecule has 3 rings (SSSR count). The van der Waals surface area contributed by atoms with Crippen molar-refractivity contribution in [3.8, 4) is 0 Å². The fourth-order valence-corrected chi connectivity index (χ4v) is 3.45. The number of hydrogen-bond donors (Lipinski definition) is 0. The molecule has 0 saturated carbocycles. The van der Waals surface area contributed by atoms with Crippen LogP contribution in [0.2, 0.25) is 0 Å². The molecule has 3 heterocycles. The van der Waals surface area contributed by atoms with E-state index in [1.54, 1.807) is 4.90 Å². The molecule has 0 bridgehead atoms. The Labute approximate surface area is 131 Å². The molecule has 3 amide bonds. The maximum atomic E-state index is 12.6. The van der Waals surface area contributed by atoms with E-state index in [0.29, 0.717) is 30.8 Å². The highest BCUT2D eigenvalue weighted by Crippen LogP contribution is 2.23. The molecule has 22 heavy (non-hydrogen) atoms. The predicted molar refractivity (Wildman–Crippen MR) is 76.4 cm³/mol. The Morgan fingerprint density at radius 3 is 2.95 bits per heavy atom. The summed E-state index contributed by atoms with van der Waals surface area (Å²) < 4.78 is 8.58. The number of carbonyl (C=O) groups excluding carboxylic acids is 3. The van der Waals surface area contributed by atoms with E-state index in [-0.39, 0.29) is 24.5 Å². The Kier molecular flexibility index (Phi) is 4.06. The fraction of sp³-hybridized carbons (Fsp3) is 0.615. The van der Waals surface area contributed by atoms with E-state index < -0.39 is 6.09 Å². The Morgan fingerprint density at radius 2 is 2.27 bits per heavy atom. The van der Waals surface area contributed by atoms with Crippen LogP contribution in [0.4, 0.5) is 4.79 Å². The van der Waals surface area contributed by atoms with Gasteiger partial charge in [-0.2, -0.15) is 0 Å². The van der Waals surface area contributed by atoms with E-state index in [4.69, 9.17) is 4.74 Å². The summed E-state index contributed by atoms with van der Waals surface area (Å²) in [5.41, 5.74) is 0.720. The second-order valence-corrected chi connectivity index (χ2v) is 6.06. The van der Waals surface area contributed by atoms with Crippen LogP contribution in [0.25, 0.3) is 0 Å². The van der Waals surface area contributed by atoms with Crippen LogP contribution in [-0.4, -0.2) is 63.0 Å². The maximum absolute atomic E-state index is 12.6. The summed E-state index contributed by atoms with van der Waals surface area (Å²) in [5, 5.41) is 4.00. The van der Waals surface area contributed by atoms with Crippen LogP contribution in [-0.2, 0) is 16.0 Å². The lowest BCUT2D eigenvalue weighted by atomic mass is 10.2. The molecule has 2 fully saturated rings. The molecule has 1 unspecified atom stereocenters. The van der Waals surface area contributed by atoms with Gasteiger partial charge in [0.25, 0.3) is 11.8 Å². The van der Waals surface area contributed by atoms with E-state index in [0.717, 1.165) is 28.5 Å². The molecule has 0 spiro atoms. The highest BCUT2D eigenvalue weighted by Gasteiger charge is 2.41. The summed E-state index contributed by atoms with van der Waals surface area (Å²) in [6, 6.07) is -0.304. The second kappa shape index (κ2) is 5.99. The van der Waals surface area contributed by atoms with Gasteiger partial charge < -0.3 is 9.64 Å². The summed E-state index contributed by atoms with van der Waals surface area (Å²) in [4.78, 5) is 39.2. The minimum atomic E-state index is -0.615. The van der Waals surface area contributed by atoms with E-state index in [2.05, 4.69) is 9.59 Å². The summed E-state index contributed by atoms with van der Waals surface area (Å²) in [6.07, 6.45) is 1.56. The van der Waals surface area contributed by atoms with Gasteiger partial charge in [0, 0.05) is 13.1 Å². The number of hydrogen-bond acceptors (Lipinski definition) is 7. The Balaban J connectivity index is 1.69. The number of likely N-dealkylation sites (tertiary alicyclic amines) is 1. The molecule has 0 radical (unpaired) electrons. The monoisotopic (exact) mass is 324 g/mol. The number of aryl methyl sites for hydroxylation is 1. The first kappa shape index (κ1) is 14.9. The van der Waals surface area contributed by atoms with Gasteiger partial charge in [0.05, 0.1) is 11.7 Å². The summed E-state index contributed by atoms with van der Waals surface area (Å²) in [5.74, 6) is -0.462. The van der Waals surface area contributed by atoms with Crippen LogP contribution in [0, 0.1) is 0 Å². The van der Waals surface area contributed by atoms with Gasteiger partial charge in [-0.25, -0.2) is 9.69 Å². The zero-order valence-electron chi connectivity index (χ0n) is 12.2. The van der Waals surface area contributed by atoms with Crippen LogP contribution < -0.4 is 0 Å². The molecule has 1 aromatic heterocycles. The van der Waals surface area contributed by atoms with E-state index in [9.17, 15) is 14.4 Å². The third-order valence-corrected chi connectivity index (χ3v) is 4.59. The van der Waals surface area contributed by atoms with Crippen LogP contribution in [0.5, 0.6) is 0 Å². The van der Waals surface area contributed by atoms with E-state index >= 15 is 0 Å². The van der Waals surface area contributed by atoms with Gasteiger partial charge in [0.1, 0.15) is 4.88 Å². The quantitative estimate of drug-likeness (QED) is 0.809. The normalized spacial score (nSPS) is 21.6. The van der Waals surface area contributed by atoms with Crippen molar-refractivity contribution in [2.45, 2.75) is 32.2 Å². The van der Waals surface area contributed by atoms with Gasteiger partial charge >= 0.3 is 6.09 Å². The average molecular weight is 324 g/mol. The first-order chi connectivity index (χ1) is 10.6. The summed E-state index contributed by atoms with van der Waals surface area (Å²) in [6.45, 7) is 2.65. The second-order valence-electron chi connectivity index (χ2n) is 5.31. The molecule has 2 aliphatic rings. The van der Waals surface area contributed by atoms with Gasteiger partial charge in [0.2, 0.25) is 0 Å². The van der Waals surface area contributed by atoms with Crippen molar-refractivity contribution >= 4 is 29.4 Å². The lowest BCUT2D eigenvalue weighted by Gasteiger charge is -2.20. The Bertz CT molecular complexity index is 601. The van der Waals surface area contributed by atoms with Crippen molar-refractivity contribution in [3.05, 3.63) is 10.6 Å². The zero-order chi connectivity index (χ0) is 15.7. The molecular formula is C13H16N4O4S. The number of rotatable bonds is 4. The van der Waals surface area contributed by atoms with Crippen molar-refractivity contribution in [2.75, 3.05) is 19.7 Å². The summed E-state index contributed by atoms with van der Waals surface area (Å²) in [7, 11) is 0. The van der Waals surface area contributed by atoms with Gasteiger partial charge in [-0.15, -0.1) is 5.10 Å². The van der Waals surface area contributed by atoms with Crippen LogP contribution >= 0.6 is 11.5 Å². The number of imide groups is 1. The predicted octanol–water partition coefficient (Wildman–Crippen LogP) is 0.684. The molecule has 0 aliphatic carbocycles. The topological polar surface area (TPSA) is 92.7 Å². The molecule has 1 atom stereocenters. The number of carbonyl (C=O) groups is 3. The largest absolute Gasteiger partial charge is 0.439 e. The number of ether oxygens (including phenoxy) is 1.